The van der Waals surface area contributed by atoms with Gasteiger partial charge in [-0.1, -0.05) is 46.3 Å². The SMILES string of the molecule is CC[C@]12CC[C@H]3[C@@H](CC=C4C[C@@](C)(O)CC[C@@]43C)[C@@H]1CC[C@@H]2[C@H](C)CC[C@@H](O)C(C)C. The third-order valence-electron chi connectivity index (χ3n) is 11.2. The van der Waals surface area contributed by atoms with Crippen LogP contribution < -0.4 is 0 Å². The second-order valence-electron chi connectivity index (χ2n) is 13.1. The van der Waals surface area contributed by atoms with E-state index in [1.807, 2.05) is 6.92 Å². The van der Waals surface area contributed by atoms with Gasteiger partial charge in [-0.3, -0.25) is 0 Å². The van der Waals surface area contributed by atoms with Crippen molar-refractivity contribution in [3.8, 4) is 0 Å². The Morgan fingerprint density at radius 3 is 2.42 bits per heavy atom. The van der Waals surface area contributed by atoms with Gasteiger partial charge < -0.3 is 10.2 Å². The van der Waals surface area contributed by atoms with E-state index in [1.54, 1.807) is 5.57 Å². The summed E-state index contributed by atoms with van der Waals surface area (Å²) in [4.78, 5) is 0. The molecule has 2 N–H and O–H groups in total. The molecule has 0 aromatic carbocycles. The molecule has 3 fully saturated rings. The average Bonchev–Trinajstić information content (AvgIpc) is 3.12. The number of aliphatic hydroxyl groups excluding tert-OH is 1. The Kier molecular flexibility index (Phi) is 6.50. The molecule has 0 bridgehead atoms. The maximum Gasteiger partial charge on any atom is 0.0657 e. The minimum atomic E-state index is -0.492. The van der Waals surface area contributed by atoms with E-state index < -0.39 is 5.60 Å². The predicted octanol–water partition coefficient (Wildman–Crippen LogP) is 7.14. The van der Waals surface area contributed by atoms with Gasteiger partial charge in [-0.2, -0.15) is 0 Å². The lowest BCUT2D eigenvalue weighted by Gasteiger charge is -2.60. The fourth-order valence-corrected chi connectivity index (χ4v) is 9.18. The van der Waals surface area contributed by atoms with E-state index in [9.17, 15) is 10.2 Å². The Bertz CT molecular complexity index is 678. The molecule has 0 aliphatic heterocycles. The smallest absolute Gasteiger partial charge is 0.0657 e. The van der Waals surface area contributed by atoms with E-state index in [0.717, 1.165) is 48.9 Å². The van der Waals surface area contributed by atoms with Gasteiger partial charge in [0, 0.05) is 0 Å². The zero-order chi connectivity index (χ0) is 22.6. The summed E-state index contributed by atoms with van der Waals surface area (Å²) in [6.45, 7) is 13.9. The normalized spacial score (nSPS) is 46.7. The Morgan fingerprint density at radius 2 is 1.74 bits per heavy atom. The molecule has 0 radical (unpaired) electrons. The second-order valence-corrected chi connectivity index (χ2v) is 13.1. The van der Waals surface area contributed by atoms with Gasteiger partial charge in [0.1, 0.15) is 0 Å². The minimum absolute atomic E-state index is 0.140. The Labute approximate surface area is 192 Å². The van der Waals surface area contributed by atoms with Crippen molar-refractivity contribution in [2.24, 2.45) is 46.3 Å². The van der Waals surface area contributed by atoms with Gasteiger partial charge in [0.2, 0.25) is 0 Å². The molecule has 31 heavy (non-hydrogen) atoms. The summed E-state index contributed by atoms with van der Waals surface area (Å²) >= 11 is 0. The molecule has 2 nitrogen and oxygen atoms in total. The highest BCUT2D eigenvalue weighted by molar-refractivity contribution is 5.27. The molecule has 0 aromatic heterocycles. The summed E-state index contributed by atoms with van der Waals surface area (Å²) in [6.07, 6.45) is 15.9. The van der Waals surface area contributed by atoms with Crippen LogP contribution in [0.2, 0.25) is 0 Å². The minimum Gasteiger partial charge on any atom is -0.393 e. The summed E-state index contributed by atoms with van der Waals surface area (Å²) in [6, 6.07) is 0. The van der Waals surface area contributed by atoms with E-state index >= 15 is 0 Å². The average molecular weight is 431 g/mol. The summed E-state index contributed by atoms with van der Waals surface area (Å²) in [5, 5.41) is 21.1. The van der Waals surface area contributed by atoms with Crippen LogP contribution in [0.25, 0.3) is 0 Å². The van der Waals surface area contributed by atoms with Crippen molar-refractivity contribution in [1.29, 1.82) is 0 Å². The number of hydrogen-bond acceptors (Lipinski definition) is 2. The van der Waals surface area contributed by atoms with Crippen molar-refractivity contribution >= 4 is 0 Å². The third-order valence-corrected chi connectivity index (χ3v) is 11.2. The number of aliphatic hydroxyl groups is 2. The molecule has 0 aromatic rings. The molecule has 3 saturated carbocycles. The van der Waals surface area contributed by atoms with Crippen molar-refractivity contribution in [2.75, 3.05) is 0 Å². The zero-order valence-electron chi connectivity index (χ0n) is 21.3. The molecule has 0 spiro atoms. The van der Waals surface area contributed by atoms with Crippen molar-refractivity contribution < 1.29 is 10.2 Å². The van der Waals surface area contributed by atoms with Crippen molar-refractivity contribution in [3.63, 3.8) is 0 Å². The van der Waals surface area contributed by atoms with Crippen LogP contribution in [0, 0.1) is 46.3 Å². The predicted molar refractivity (Wildman–Crippen MR) is 130 cm³/mol. The fraction of sp³-hybridized carbons (Fsp3) is 0.931. The zero-order valence-corrected chi connectivity index (χ0v) is 21.3. The molecule has 0 heterocycles. The molecule has 0 saturated heterocycles. The molecule has 0 amide bonds. The standard InChI is InChI=1S/C29H50O2/c1-7-29-15-14-24-22(10-9-21-18-27(5,31)16-17-28(21,24)6)25(29)12-11-23(29)20(4)8-13-26(30)19(2)3/h9,19-20,22-26,30-31H,7-8,10-18H2,1-6H3/t20-,22-,23-,24+,25+,26-,27+,28+,29-/m1/s1. The van der Waals surface area contributed by atoms with E-state index in [2.05, 4.69) is 40.7 Å². The lowest BCUT2D eigenvalue weighted by Crippen LogP contribution is -2.52. The number of hydrogen-bond donors (Lipinski definition) is 2. The van der Waals surface area contributed by atoms with Crippen LogP contribution in [0.3, 0.4) is 0 Å². The Morgan fingerprint density at radius 1 is 1.00 bits per heavy atom. The van der Waals surface area contributed by atoms with E-state index in [4.69, 9.17) is 0 Å². The Hall–Kier alpha value is -0.340. The second kappa shape index (κ2) is 8.46. The van der Waals surface area contributed by atoms with Gasteiger partial charge in [0.05, 0.1) is 11.7 Å². The molecule has 178 valence electrons. The monoisotopic (exact) mass is 430 g/mol. The quantitative estimate of drug-likeness (QED) is 0.440. The lowest BCUT2D eigenvalue weighted by molar-refractivity contribution is -0.0794. The van der Waals surface area contributed by atoms with Gasteiger partial charge in [0.25, 0.3) is 0 Å². The summed E-state index contributed by atoms with van der Waals surface area (Å²) in [5.41, 5.74) is 1.95. The van der Waals surface area contributed by atoms with Gasteiger partial charge >= 0.3 is 0 Å². The van der Waals surface area contributed by atoms with Gasteiger partial charge in [-0.05, 0) is 124 Å². The summed E-state index contributed by atoms with van der Waals surface area (Å²) in [7, 11) is 0. The first kappa shape index (κ1) is 23.8. The highest BCUT2D eigenvalue weighted by atomic mass is 16.3. The van der Waals surface area contributed by atoms with Crippen molar-refractivity contribution in [3.05, 3.63) is 11.6 Å². The first-order chi connectivity index (χ1) is 14.5. The topological polar surface area (TPSA) is 40.5 Å². The molecule has 4 aliphatic carbocycles. The largest absolute Gasteiger partial charge is 0.393 e. The van der Waals surface area contributed by atoms with Crippen LogP contribution in [-0.4, -0.2) is 21.9 Å². The first-order valence-electron chi connectivity index (χ1n) is 13.6. The van der Waals surface area contributed by atoms with E-state index in [0.29, 0.717) is 16.7 Å². The van der Waals surface area contributed by atoms with Crippen LogP contribution in [-0.2, 0) is 0 Å². The van der Waals surface area contributed by atoms with Crippen LogP contribution >= 0.6 is 0 Å². The van der Waals surface area contributed by atoms with Crippen molar-refractivity contribution in [1.82, 2.24) is 0 Å². The first-order valence-corrected chi connectivity index (χ1v) is 13.6. The van der Waals surface area contributed by atoms with Gasteiger partial charge in [-0.15, -0.1) is 0 Å². The van der Waals surface area contributed by atoms with E-state index in [-0.39, 0.29) is 6.10 Å². The molecular formula is C29H50O2. The lowest BCUT2D eigenvalue weighted by atomic mass is 9.45. The molecule has 4 rings (SSSR count). The number of fused-ring (bicyclic) bond motifs is 5. The molecule has 0 unspecified atom stereocenters. The molecule has 2 heteroatoms. The number of rotatable bonds is 6. The van der Waals surface area contributed by atoms with Gasteiger partial charge in [0.15, 0.2) is 0 Å². The van der Waals surface area contributed by atoms with Crippen LogP contribution in [0.4, 0.5) is 0 Å². The maximum absolute atomic E-state index is 10.7. The van der Waals surface area contributed by atoms with Gasteiger partial charge in [-0.25, -0.2) is 0 Å². The molecule has 9 atom stereocenters. The highest BCUT2D eigenvalue weighted by Crippen LogP contribution is 2.68. The van der Waals surface area contributed by atoms with Crippen LogP contribution in [0.5, 0.6) is 0 Å². The fourth-order valence-electron chi connectivity index (χ4n) is 9.18. The number of allylic oxidation sites excluding steroid dienone is 1. The maximum atomic E-state index is 10.7. The summed E-state index contributed by atoms with van der Waals surface area (Å²) in [5.74, 6) is 4.50. The van der Waals surface area contributed by atoms with Crippen LogP contribution in [0.15, 0.2) is 11.6 Å². The van der Waals surface area contributed by atoms with Crippen molar-refractivity contribution in [2.45, 2.75) is 124 Å². The molecule has 4 aliphatic rings. The third kappa shape index (κ3) is 3.96. The summed E-state index contributed by atoms with van der Waals surface area (Å²) < 4.78 is 0. The van der Waals surface area contributed by atoms with E-state index in [1.165, 1.54) is 51.4 Å². The highest BCUT2D eigenvalue weighted by Gasteiger charge is 2.60. The Balaban J connectivity index is 1.53. The van der Waals surface area contributed by atoms with Crippen LogP contribution in [0.1, 0.15) is 112 Å². The molecular weight excluding hydrogens is 380 g/mol.